The minimum absolute atomic E-state index is 0.0792. The van der Waals surface area contributed by atoms with Gasteiger partial charge in [0.25, 0.3) is 0 Å². The first-order valence-electron chi connectivity index (χ1n) is 7.45. The number of nitrogens with zero attached hydrogens (tertiary/aromatic N) is 2. The van der Waals surface area contributed by atoms with Crippen LogP contribution in [0, 0.1) is 5.92 Å². The number of benzene rings is 1. The summed E-state index contributed by atoms with van der Waals surface area (Å²) in [6, 6.07) is 6.51. The van der Waals surface area contributed by atoms with Gasteiger partial charge in [0, 0.05) is 12.6 Å². The number of ether oxygens (including phenoxy) is 1. The van der Waals surface area contributed by atoms with Gasteiger partial charge in [-0.15, -0.1) is 0 Å². The largest absolute Gasteiger partial charge is 0.496 e. The molecule has 0 radical (unpaired) electrons. The molecular formula is C16H25N3O2. The van der Waals surface area contributed by atoms with Gasteiger partial charge in [-0.2, -0.15) is 0 Å². The maximum atomic E-state index is 8.90. The van der Waals surface area contributed by atoms with Crippen molar-refractivity contribution in [2.45, 2.75) is 39.3 Å². The number of likely N-dealkylation sites (tertiary alicyclic amines) is 1. The van der Waals surface area contributed by atoms with Crippen molar-refractivity contribution in [3.8, 4) is 5.75 Å². The van der Waals surface area contributed by atoms with E-state index < -0.39 is 0 Å². The molecule has 3 N–H and O–H groups in total. The summed E-state index contributed by atoms with van der Waals surface area (Å²) < 4.78 is 5.27. The van der Waals surface area contributed by atoms with E-state index in [0.717, 1.165) is 18.7 Å². The molecule has 0 amide bonds. The molecule has 1 aliphatic rings. The first kappa shape index (κ1) is 15.6. The lowest BCUT2D eigenvalue weighted by Crippen LogP contribution is -2.32. The van der Waals surface area contributed by atoms with E-state index in [4.69, 9.17) is 15.7 Å². The van der Waals surface area contributed by atoms with E-state index in [1.165, 1.54) is 12.8 Å². The minimum Gasteiger partial charge on any atom is -0.496 e. The summed E-state index contributed by atoms with van der Waals surface area (Å²) in [5.41, 5.74) is 7.52. The average Bonchev–Trinajstić information content (AvgIpc) is 2.94. The molecule has 1 aliphatic heterocycles. The van der Waals surface area contributed by atoms with Crippen molar-refractivity contribution < 1.29 is 9.94 Å². The predicted molar refractivity (Wildman–Crippen MR) is 83.8 cm³/mol. The third kappa shape index (κ3) is 3.47. The summed E-state index contributed by atoms with van der Waals surface area (Å²) in [7, 11) is 1.58. The van der Waals surface area contributed by atoms with Crippen LogP contribution in [-0.4, -0.2) is 35.6 Å². The zero-order valence-corrected chi connectivity index (χ0v) is 13.0. The van der Waals surface area contributed by atoms with Crippen LogP contribution in [0.25, 0.3) is 0 Å². The van der Waals surface area contributed by atoms with Crippen LogP contribution in [0.4, 0.5) is 0 Å². The first-order valence-corrected chi connectivity index (χ1v) is 7.45. The highest BCUT2D eigenvalue weighted by molar-refractivity contribution is 5.99. The molecule has 0 bridgehead atoms. The van der Waals surface area contributed by atoms with Gasteiger partial charge in [-0.25, -0.2) is 0 Å². The van der Waals surface area contributed by atoms with Crippen molar-refractivity contribution in [3.05, 3.63) is 29.3 Å². The van der Waals surface area contributed by atoms with Crippen molar-refractivity contribution in [3.63, 3.8) is 0 Å². The number of amidine groups is 1. The molecule has 1 atom stereocenters. The normalized spacial score (nSPS) is 20.2. The highest BCUT2D eigenvalue weighted by atomic mass is 16.5. The maximum Gasteiger partial charge on any atom is 0.173 e. The molecule has 116 valence electrons. The summed E-state index contributed by atoms with van der Waals surface area (Å²) in [5.74, 6) is 1.36. The SMILES string of the molecule is COc1ccc(CN2CCCC2C(C)C)cc1C(N)=NO. The van der Waals surface area contributed by atoms with Crippen molar-refractivity contribution >= 4 is 5.84 Å². The van der Waals surface area contributed by atoms with Gasteiger partial charge in [0.05, 0.1) is 12.7 Å². The van der Waals surface area contributed by atoms with Crippen molar-refractivity contribution in [1.29, 1.82) is 0 Å². The lowest BCUT2D eigenvalue weighted by atomic mass is 10.0. The Morgan fingerprint density at radius 2 is 2.29 bits per heavy atom. The molecular weight excluding hydrogens is 266 g/mol. The van der Waals surface area contributed by atoms with Crippen LogP contribution in [0.15, 0.2) is 23.4 Å². The molecule has 1 aromatic carbocycles. The standard InChI is InChI=1S/C16H25N3O2/c1-11(2)14-5-4-8-19(14)10-12-6-7-15(21-3)13(9-12)16(17)18-20/h6-7,9,11,14,20H,4-5,8,10H2,1-3H3,(H2,17,18). The van der Waals surface area contributed by atoms with E-state index in [1.54, 1.807) is 7.11 Å². The fourth-order valence-electron chi connectivity index (χ4n) is 3.15. The van der Waals surface area contributed by atoms with Crippen LogP contribution >= 0.6 is 0 Å². The van der Waals surface area contributed by atoms with Crippen molar-refractivity contribution in [2.24, 2.45) is 16.8 Å². The molecule has 2 rings (SSSR count). The Morgan fingerprint density at radius 1 is 1.52 bits per heavy atom. The van der Waals surface area contributed by atoms with Gasteiger partial charge in [0.1, 0.15) is 5.75 Å². The Kier molecular flexibility index (Phi) is 5.07. The van der Waals surface area contributed by atoms with Crippen LogP contribution in [0.5, 0.6) is 5.75 Å². The molecule has 21 heavy (non-hydrogen) atoms. The lowest BCUT2D eigenvalue weighted by Gasteiger charge is -2.27. The quantitative estimate of drug-likeness (QED) is 0.378. The fraction of sp³-hybridized carbons (Fsp3) is 0.562. The molecule has 0 saturated carbocycles. The summed E-state index contributed by atoms with van der Waals surface area (Å²) in [6.45, 7) is 6.57. The Bertz CT molecular complexity index is 514. The van der Waals surface area contributed by atoms with Crippen LogP contribution in [0.1, 0.15) is 37.8 Å². The van der Waals surface area contributed by atoms with Gasteiger partial charge in [-0.3, -0.25) is 4.90 Å². The van der Waals surface area contributed by atoms with Crippen LogP contribution < -0.4 is 10.5 Å². The Hall–Kier alpha value is -1.75. The van der Waals surface area contributed by atoms with Crippen molar-refractivity contribution in [2.75, 3.05) is 13.7 Å². The van der Waals surface area contributed by atoms with E-state index >= 15 is 0 Å². The molecule has 1 aromatic rings. The molecule has 5 heteroatoms. The monoisotopic (exact) mass is 291 g/mol. The van der Waals surface area contributed by atoms with Gasteiger partial charge < -0.3 is 15.7 Å². The number of oxime groups is 1. The van der Waals surface area contributed by atoms with Gasteiger partial charge in [0.15, 0.2) is 5.84 Å². The number of hydrogen-bond acceptors (Lipinski definition) is 4. The molecule has 0 aliphatic carbocycles. The minimum atomic E-state index is 0.0792. The van der Waals surface area contributed by atoms with Gasteiger partial charge >= 0.3 is 0 Å². The highest BCUT2D eigenvalue weighted by Crippen LogP contribution is 2.27. The average molecular weight is 291 g/mol. The molecule has 1 heterocycles. The Labute approximate surface area is 126 Å². The smallest absolute Gasteiger partial charge is 0.173 e. The molecule has 1 saturated heterocycles. The molecule has 0 spiro atoms. The van der Waals surface area contributed by atoms with E-state index in [0.29, 0.717) is 23.3 Å². The molecule has 5 nitrogen and oxygen atoms in total. The van der Waals surface area contributed by atoms with E-state index in [-0.39, 0.29) is 5.84 Å². The summed E-state index contributed by atoms with van der Waals surface area (Å²) in [6.07, 6.45) is 2.52. The second-order valence-electron chi connectivity index (χ2n) is 5.94. The van der Waals surface area contributed by atoms with Crippen LogP contribution in [-0.2, 0) is 6.54 Å². The zero-order valence-electron chi connectivity index (χ0n) is 13.0. The van der Waals surface area contributed by atoms with Gasteiger partial charge in [0.2, 0.25) is 0 Å². The summed E-state index contributed by atoms with van der Waals surface area (Å²) in [4.78, 5) is 2.52. The van der Waals surface area contributed by atoms with Gasteiger partial charge in [-0.05, 0) is 43.0 Å². The van der Waals surface area contributed by atoms with Crippen molar-refractivity contribution in [1.82, 2.24) is 4.90 Å². The summed E-state index contributed by atoms with van der Waals surface area (Å²) in [5, 5.41) is 12.0. The van der Waals surface area contributed by atoms with Gasteiger partial charge in [-0.1, -0.05) is 25.1 Å². The molecule has 1 unspecified atom stereocenters. The van der Waals surface area contributed by atoms with E-state index in [2.05, 4.69) is 23.9 Å². The third-order valence-corrected chi connectivity index (χ3v) is 4.22. The topological polar surface area (TPSA) is 71.1 Å². The second-order valence-corrected chi connectivity index (χ2v) is 5.94. The second kappa shape index (κ2) is 6.80. The molecule has 0 aromatic heterocycles. The van der Waals surface area contributed by atoms with E-state index in [9.17, 15) is 0 Å². The predicted octanol–water partition coefficient (Wildman–Crippen LogP) is 2.41. The molecule has 1 fully saturated rings. The fourth-order valence-corrected chi connectivity index (χ4v) is 3.15. The maximum absolute atomic E-state index is 8.90. The third-order valence-electron chi connectivity index (χ3n) is 4.22. The zero-order chi connectivity index (χ0) is 15.4. The number of nitrogens with two attached hydrogens (primary N) is 1. The summed E-state index contributed by atoms with van der Waals surface area (Å²) >= 11 is 0. The first-order chi connectivity index (χ1) is 10.1. The number of methoxy groups -OCH3 is 1. The van der Waals surface area contributed by atoms with Crippen LogP contribution in [0.2, 0.25) is 0 Å². The lowest BCUT2D eigenvalue weighted by molar-refractivity contribution is 0.199. The van der Waals surface area contributed by atoms with E-state index in [1.807, 2.05) is 18.2 Å². The number of hydrogen-bond donors (Lipinski definition) is 2. The Balaban J connectivity index is 2.21. The number of rotatable bonds is 5. The highest BCUT2D eigenvalue weighted by Gasteiger charge is 2.27. The Morgan fingerprint density at radius 3 is 2.90 bits per heavy atom. The van der Waals surface area contributed by atoms with Crippen LogP contribution in [0.3, 0.4) is 0 Å².